The zero-order valence-corrected chi connectivity index (χ0v) is 12.3. The Kier molecular flexibility index (Phi) is 4.73. The number of hydrogen-bond acceptors (Lipinski definition) is 4. The number of nitrogens with zero attached hydrogens (tertiary/aromatic N) is 1. The Balaban J connectivity index is 1.63. The molecule has 3 rings (SSSR count). The van der Waals surface area contributed by atoms with E-state index in [4.69, 9.17) is 0 Å². The van der Waals surface area contributed by atoms with Crippen molar-refractivity contribution in [2.75, 3.05) is 37.6 Å². The maximum Gasteiger partial charge on any atom is 0.129 e. The fourth-order valence-electron chi connectivity index (χ4n) is 3.29. The third kappa shape index (κ3) is 3.36. The molecule has 0 radical (unpaired) electrons. The van der Waals surface area contributed by atoms with Gasteiger partial charge in [-0.3, -0.25) is 0 Å². The van der Waals surface area contributed by atoms with E-state index in [-0.39, 0.29) is 17.8 Å². The van der Waals surface area contributed by atoms with Crippen molar-refractivity contribution in [3.63, 3.8) is 0 Å². The van der Waals surface area contributed by atoms with Crippen LogP contribution in [0.2, 0.25) is 0 Å². The van der Waals surface area contributed by atoms with E-state index in [1.807, 2.05) is 6.07 Å². The van der Waals surface area contributed by atoms with E-state index in [0.717, 1.165) is 30.9 Å². The molecule has 0 bridgehead atoms. The Morgan fingerprint density at radius 3 is 2.81 bits per heavy atom. The molecule has 21 heavy (non-hydrogen) atoms. The van der Waals surface area contributed by atoms with E-state index in [0.29, 0.717) is 19.6 Å². The highest BCUT2D eigenvalue weighted by molar-refractivity contribution is 5.54. The molecule has 1 aromatic rings. The van der Waals surface area contributed by atoms with Crippen LogP contribution < -0.4 is 15.5 Å². The molecule has 2 saturated heterocycles. The number of halogens is 1. The summed E-state index contributed by atoms with van der Waals surface area (Å²) in [7, 11) is 0. The van der Waals surface area contributed by atoms with Crippen LogP contribution in [0.5, 0.6) is 0 Å². The average molecular weight is 293 g/mol. The van der Waals surface area contributed by atoms with Crippen molar-refractivity contribution in [2.45, 2.75) is 25.5 Å². The zero-order chi connectivity index (χ0) is 14.7. The minimum absolute atomic E-state index is 0.142. The lowest BCUT2D eigenvalue weighted by molar-refractivity contribution is 0.146. The molecular weight excluding hydrogens is 269 g/mol. The molecule has 4 nitrogen and oxygen atoms in total. The maximum atomic E-state index is 14.2. The molecule has 0 aromatic heterocycles. The molecule has 2 fully saturated rings. The molecular formula is C16H24FN3O. The van der Waals surface area contributed by atoms with Crippen molar-refractivity contribution in [3.8, 4) is 0 Å². The lowest BCUT2D eigenvalue weighted by Gasteiger charge is -2.22. The van der Waals surface area contributed by atoms with Crippen molar-refractivity contribution in [1.82, 2.24) is 10.6 Å². The number of aliphatic hydroxyl groups excluding tert-OH is 1. The Bertz CT molecular complexity index is 477. The Morgan fingerprint density at radius 1 is 1.29 bits per heavy atom. The van der Waals surface area contributed by atoms with Crippen molar-refractivity contribution >= 4 is 5.69 Å². The molecule has 0 amide bonds. The van der Waals surface area contributed by atoms with Crippen molar-refractivity contribution in [2.24, 2.45) is 5.92 Å². The third-order valence-electron chi connectivity index (χ3n) is 4.55. The first kappa shape index (κ1) is 14.8. The highest BCUT2D eigenvalue weighted by Crippen LogP contribution is 2.26. The van der Waals surface area contributed by atoms with Crippen LogP contribution in [-0.2, 0) is 6.54 Å². The van der Waals surface area contributed by atoms with E-state index in [9.17, 15) is 9.50 Å². The molecule has 0 saturated carbocycles. The fourth-order valence-corrected chi connectivity index (χ4v) is 3.29. The Labute approximate surface area is 125 Å². The van der Waals surface area contributed by atoms with Gasteiger partial charge in [0.2, 0.25) is 0 Å². The predicted molar refractivity (Wildman–Crippen MR) is 81.9 cm³/mol. The van der Waals surface area contributed by atoms with Gasteiger partial charge in [0.25, 0.3) is 0 Å². The first-order valence-corrected chi connectivity index (χ1v) is 7.87. The van der Waals surface area contributed by atoms with Gasteiger partial charge in [-0.15, -0.1) is 0 Å². The summed E-state index contributed by atoms with van der Waals surface area (Å²) in [5.74, 6) is 0.0732. The summed E-state index contributed by atoms with van der Waals surface area (Å²) < 4.78 is 14.2. The summed E-state index contributed by atoms with van der Waals surface area (Å²) in [6.07, 6.45) is 2.07. The molecule has 0 aliphatic carbocycles. The lowest BCUT2D eigenvalue weighted by Crippen LogP contribution is -2.31. The van der Waals surface area contributed by atoms with Crippen molar-refractivity contribution in [3.05, 3.63) is 29.6 Å². The first-order valence-electron chi connectivity index (χ1n) is 7.87. The van der Waals surface area contributed by atoms with Crippen LogP contribution >= 0.6 is 0 Å². The van der Waals surface area contributed by atoms with Gasteiger partial charge >= 0.3 is 0 Å². The van der Waals surface area contributed by atoms with Crippen LogP contribution in [0.4, 0.5) is 10.1 Å². The van der Waals surface area contributed by atoms with E-state index in [1.54, 1.807) is 6.07 Å². The highest BCUT2D eigenvalue weighted by Gasteiger charge is 2.24. The van der Waals surface area contributed by atoms with Crippen LogP contribution in [0.1, 0.15) is 18.4 Å². The zero-order valence-electron chi connectivity index (χ0n) is 12.3. The van der Waals surface area contributed by atoms with E-state index >= 15 is 0 Å². The van der Waals surface area contributed by atoms with Gasteiger partial charge in [-0.05, 0) is 25.0 Å². The average Bonchev–Trinajstić information content (AvgIpc) is 3.13. The van der Waals surface area contributed by atoms with Gasteiger partial charge in [-0.1, -0.05) is 6.07 Å². The van der Waals surface area contributed by atoms with Crippen LogP contribution in [-0.4, -0.2) is 43.9 Å². The number of β-amino-alcohol motifs (C(OH)–C–C–N with tert-alkyl or cyclic N) is 1. The summed E-state index contributed by atoms with van der Waals surface area (Å²) in [6.45, 7) is 4.74. The van der Waals surface area contributed by atoms with Gasteiger partial charge in [-0.2, -0.15) is 0 Å². The summed E-state index contributed by atoms with van der Waals surface area (Å²) in [5, 5.41) is 16.3. The number of anilines is 1. The minimum Gasteiger partial charge on any atom is -0.391 e. The molecule has 3 N–H and O–H groups in total. The Morgan fingerprint density at radius 2 is 2.10 bits per heavy atom. The molecule has 1 aromatic carbocycles. The number of benzene rings is 1. The smallest absolute Gasteiger partial charge is 0.129 e. The second-order valence-corrected chi connectivity index (χ2v) is 6.05. The van der Waals surface area contributed by atoms with Crippen LogP contribution in [0.3, 0.4) is 0 Å². The number of nitrogens with one attached hydrogen (secondary N) is 2. The molecule has 2 unspecified atom stereocenters. The molecule has 5 heteroatoms. The van der Waals surface area contributed by atoms with Crippen LogP contribution in [0.25, 0.3) is 0 Å². The van der Waals surface area contributed by atoms with E-state index in [1.165, 1.54) is 18.9 Å². The van der Waals surface area contributed by atoms with Gasteiger partial charge < -0.3 is 20.6 Å². The second-order valence-electron chi connectivity index (χ2n) is 6.05. The minimum atomic E-state index is -0.295. The van der Waals surface area contributed by atoms with Crippen molar-refractivity contribution < 1.29 is 9.50 Å². The van der Waals surface area contributed by atoms with Crippen LogP contribution in [0, 0.1) is 11.7 Å². The molecule has 116 valence electrons. The summed E-state index contributed by atoms with van der Waals surface area (Å²) in [6, 6.07) is 5.33. The molecule has 2 atom stereocenters. The van der Waals surface area contributed by atoms with Crippen LogP contribution in [0.15, 0.2) is 18.2 Å². The number of hydrogen-bond donors (Lipinski definition) is 3. The van der Waals surface area contributed by atoms with Gasteiger partial charge in [-0.25, -0.2) is 4.39 Å². The van der Waals surface area contributed by atoms with Gasteiger partial charge in [0.05, 0.1) is 6.10 Å². The first-order chi connectivity index (χ1) is 10.3. The number of rotatable bonds is 5. The summed E-state index contributed by atoms with van der Waals surface area (Å²) in [5.41, 5.74) is 1.77. The SMILES string of the molecule is OC1CNCC1CNCc1c(F)cccc1N1CCCC1. The monoisotopic (exact) mass is 293 g/mol. The quantitative estimate of drug-likeness (QED) is 0.761. The molecule has 2 aliphatic heterocycles. The molecule has 2 heterocycles. The second kappa shape index (κ2) is 6.73. The predicted octanol–water partition coefficient (Wildman–Crippen LogP) is 1.10. The summed E-state index contributed by atoms with van der Waals surface area (Å²) in [4.78, 5) is 2.27. The standard InChI is InChI=1S/C16H24FN3O/c17-14-4-3-5-15(20-6-1-2-7-20)13(14)10-18-8-12-9-19-11-16(12)21/h3-5,12,16,18-19,21H,1-2,6-11H2. The maximum absolute atomic E-state index is 14.2. The van der Waals surface area contributed by atoms with E-state index in [2.05, 4.69) is 15.5 Å². The van der Waals surface area contributed by atoms with Gasteiger partial charge in [0.15, 0.2) is 0 Å². The molecule has 2 aliphatic rings. The summed E-state index contributed by atoms with van der Waals surface area (Å²) >= 11 is 0. The molecule has 0 spiro atoms. The number of aliphatic hydroxyl groups is 1. The van der Waals surface area contributed by atoms with Gasteiger partial charge in [0.1, 0.15) is 5.82 Å². The topological polar surface area (TPSA) is 47.5 Å². The largest absolute Gasteiger partial charge is 0.391 e. The fraction of sp³-hybridized carbons (Fsp3) is 0.625. The van der Waals surface area contributed by atoms with E-state index < -0.39 is 0 Å². The lowest BCUT2D eigenvalue weighted by atomic mass is 10.1. The normalized spacial score (nSPS) is 25.7. The highest BCUT2D eigenvalue weighted by atomic mass is 19.1. The van der Waals surface area contributed by atoms with Gasteiger partial charge in [0, 0.05) is 56.4 Å². The third-order valence-corrected chi connectivity index (χ3v) is 4.55. The Hall–Kier alpha value is -1.17. The van der Waals surface area contributed by atoms with Crippen molar-refractivity contribution in [1.29, 1.82) is 0 Å².